The zero-order valence-electron chi connectivity index (χ0n) is 10.3. The quantitative estimate of drug-likeness (QED) is 0.788. The first-order valence-electron chi connectivity index (χ1n) is 5.82. The van der Waals surface area contributed by atoms with E-state index in [-0.39, 0.29) is 0 Å². The van der Waals surface area contributed by atoms with Gasteiger partial charge < -0.3 is 15.2 Å². The summed E-state index contributed by atoms with van der Waals surface area (Å²) >= 11 is 1.55. The van der Waals surface area contributed by atoms with Gasteiger partial charge in [-0.05, 0) is 24.6 Å². The highest BCUT2D eigenvalue weighted by molar-refractivity contribution is 7.15. The average Bonchev–Trinajstić information content (AvgIpc) is 2.84. The molecule has 5 heteroatoms. The molecular formula is C13H14N2O2S. The van der Waals surface area contributed by atoms with Crippen molar-refractivity contribution in [3.8, 4) is 22.8 Å². The molecule has 2 N–H and O–H groups in total. The number of ether oxygens (including phenoxy) is 2. The standard InChI is InChI=1S/C13H14N2O2S/c1-3-17-10-4-7-5-11-12(15-13(14)18-11)8(7)6-9(10)16-2/h4,6H,3,5H2,1-2H3,(H2,14,15). The molecule has 0 aliphatic heterocycles. The molecule has 1 aromatic carbocycles. The lowest BCUT2D eigenvalue weighted by Crippen LogP contribution is -1.97. The first kappa shape index (κ1) is 11.3. The molecule has 0 saturated heterocycles. The number of hydrogen-bond donors (Lipinski definition) is 1. The number of benzene rings is 1. The van der Waals surface area contributed by atoms with Gasteiger partial charge in [0, 0.05) is 16.9 Å². The Morgan fingerprint density at radius 1 is 1.39 bits per heavy atom. The first-order valence-corrected chi connectivity index (χ1v) is 6.63. The second-order valence-corrected chi connectivity index (χ2v) is 5.21. The second kappa shape index (κ2) is 4.17. The van der Waals surface area contributed by atoms with Gasteiger partial charge in [0.05, 0.1) is 19.4 Å². The van der Waals surface area contributed by atoms with E-state index in [0.717, 1.165) is 29.2 Å². The maximum Gasteiger partial charge on any atom is 0.180 e. The van der Waals surface area contributed by atoms with Gasteiger partial charge in [0.25, 0.3) is 0 Å². The summed E-state index contributed by atoms with van der Waals surface area (Å²) in [6.45, 7) is 2.59. The van der Waals surface area contributed by atoms with Gasteiger partial charge in [-0.2, -0.15) is 0 Å². The minimum atomic E-state index is 0.624. The topological polar surface area (TPSA) is 57.4 Å². The SMILES string of the molecule is CCOc1cc2c(cc1OC)-c1nc(N)sc1C2. The number of aromatic nitrogens is 1. The van der Waals surface area contributed by atoms with Crippen LogP contribution in [0.4, 0.5) is 5.13 Å². The third kappa shape index (κ3) is 1.62. The molecule has 0 saturated carbocycles. The number of nitrogens with two attached hydrogens (primary N) is 1. The zero-order chi connectivity index (χ0) is 12.7. The molecule has 1 aliphatic rings. The first-order chi connectivity index (χ1) is 8.72. The Hall–Kier alpha value is -1.75. The maximum atomic E-state index is 5.75. The molecule has 0 amide bonds. The minimum absolute atomic E-state index is 0.624. The average molecular weight is 262 g/mol. The number of nitrogen functional groups attached to an aromatic ring is 1. The summed E-state index contributed by atoms with van der Waals surface area (Å²) in [5, 5.41) is 0.624. The highest BCUT2D eigenvalue weighted by atomic mass is 32.1. The van der Waals surface area contributed by atoms with E-state index in [9.17, 15) is 0 Å². The summed E-state index contributed by atoms with van der Waals surface area (Å²) in [7, 11) is 1.65. The van der Waals surface area contributed by atoms with Crippen LogP contribution in [0.5, 0.6) is 11.5 Å². The van der Waals surface area contributed by atoms with Crippen LogP contribution in [0.2, 0.25) is 0 Å². The fourth-order valence-electron chi connectivity index (χ4n) is 2.27. The Bertz CT molecular complexity index is 607. The number of methoxy groups -OCH3 is 1. The Morgan fingerprint density at radius 2 is 2.22 bits per heavy atom. The molecule has 1 aliphatic carbocycles. The van der Waals surface area contributed by atoms with Crippen LogP contribution in [-0.2, 0) is 6.42 Å². The van der Waals surface area contributed by atoms with E-state index in [1.165, 1.54) is 10.4 Å². The van der Waals surface area contributed by atoms with Crippen molar-refractivity contribution < 1.29 is 9.47 Å². The van der Waals surface area contributed by atoms with Crippen LogP contribution < -0.4 is 15.2 Å². The predicted molar refractivity (Wildman–Crippen MR) is 72.5 cm³/mol. The molecule has 0 fully saturated rings. The molecule has 4 nitrogen and oxygen atoms in total. The summed E-state index contributed by atoms with van der Waals surface area (Å²) < 4.78 is 10.9. The number of thiazole rings is 1. The van der Waals surface area contributed by atoms with Crippen LogP contribution in [0.3, 0.4) is 0 Å². The van der Waals surface area contributed by atoms with Gasteiger partial charge in [-0.15, -0.1) is 11.3 Å². The van der Waals surface area contributed by atoms with Gasteiger partial charge in [0.2, 0.25) is 0 Å². The Labute approximate surface area is 109 Å². The molecule has 0 bridgehead atoms. The zero-order valence-corrected chi connectivity index (χ0v) is 11.1. The molecule has 1 heterocycles. The third-order valence-corrected chi connectivity index (χ3v) is 3.89. The van der Waals surface area contributed by atoms with Crippen LogP contribution in [-0.4, -0.2) is 18.7 Å². The van der Waals surface area contributed by atoms with Crippen molar-refractivity contribution in [1.82, 2.24) is 4.98 Å². The predicted octanol–water partition coefficient (Wildman–Crippen LogP) is 2.70. The summed E-state index contributed by atoms with van der Waals surface area (Å²) in [4.78, 5) is 5.60. The normalized spacial score (nSPS) is 12.1. The molecule has 94 valence electrons. The monoisotopic (exact) mass is 262 g/mol. The maximum absolute atomic E-state index is 5.75. The van der Waals surface area contributed by atoms with Crippen LogP contribution in [0.15, 0.2) is 12.1 Å². The fourth-order valence-corrected chi connectivity index (χ4v) is 3.14. The van der Waals surface area contributed by atoms with Crippen molar-refractivity contribution in [2.24, 2.45) is 0 Å². The van der Waals surface area contributed by atoms with E-state index in [1.54, 1.807) is 18.4 Å². The summed E-state index contributed by atoms with van der Waals surface area (Å²) in [5.74, 6) is 1.54. The molecule has 18 heavy (non-hydrogen) atoms. The van der Waals surface area contributed by atoms with E-state index < -0.39 is 0 Å². The molecule has 2 aromatic rings. The number of nitrogens with zero attached hydrogens (tertiary/aromatic N) is 1. The fraction of sp³-hybridized carbons (Fsp3) is 0.308. The lowest BCUT2D eigenvalue weighted by atomic mass is 10.1. The van der Waals surface area contributed by atoms with Gasteiger partial charge in [0.1, 0.15) is 0 Å². The van der Waals surface area contributed by atoms with Gasteiger partial charge in [-0.3, -0.25) is 0 Å². The van der Waals surface area contributed by atoms with Gasteiger partial charge >= 0.3 is 0 Å². The largest absolute Gasteiger partial charge is 0.493 e. The third-order valence-electron chi connectivity index (χ3n) is 3.01. The van der Waals surface area contributed by atoms with Crippen molar-refractivity contribution in [1.29, 1.82) is 0 Å². The van der Waals surface area contributed by atoms with E-state index in [2.05, 4.69) is 4.98 Å². The number of anilines is 1. The van der Waals surface area contributed by atoms with Gasteiger partial charge in [-0.1, -0.05) is 0 Å². The molecule has 1 aromatic heterocycles. The summed E-state index contributed by atoms with van der Waals surface area (Å²) in [6.07, 6.45) is 0.879. The number of fused-ring (bicyclic) bond motifs is 3. The van der Waals surface area contributed by atoms with E-state index in [0.29, 0.717) is 11.7 Å². The molecule has 3 rings (SSSR count). The second-order valence-electron chi connectivity index (χ2n) is 4.09. The highest BCUT2D eigenvalue weighted by Crippen LogP contribution is 2.44. The van der Waals surface area contributed by atoms with Crippen molar-refractivity contribution in [2.45, 2.75) is 13.3 Å². The minimum Gasteiger partial charge on any atom is -0.493 e. The van der Waals surface area contributed by atoms with Crippen molar-refractivity contribution in [3.63, 3.8) is 0 Å². The number of rotatable bonds is 3. The molecule has 0 atom stereocenters. The molecular weight excluding hydrogens is 248 g/mol. The molecule has 0 radical (unpaired) electrons. The van der Waals surface area contributed by atoms with Crippen LogP contribution in [0, 0.1) is 0 Å². The molecule has 0 unspecified atom stereocenters. The Kier molecular flexibility index (Phi) is 2.63. The van der Waals surface area contributed by atoms with Crippen molar-refractivity contribution in [2.75, 3.05) is 19.5 Å². The van der Waals surface area contributed by atoms with Gasteiger partial charge in [-0.25, -0.2) is 4.98 Å². The summed E-state index contributed by atoms with van der Waals surface area (Å²) in [6, 6.07) is 4.04. The summed E-state index contributed by atoms with van der Waals surface area (Å²) in [5.41, 5.74) is 9.08. The van der Waals surface area contributed by atoms with Crippen molar-refractivity contribution in [3.05, 3.63) is 22.6 Å². The Morgan fingerprint density at radius 3 is 2.94 bits per heavy atom. The van der Waals surface area contributed by atoms with Gasteiger partial charge in [0.15, 0.2) is 16.6 Å². The van der Waals surface area contributed by atoms with Crippen LogP contribution >= 0.6 is 11.3 Å². The van der Waals surface area contributed by atoms with Crippen LogP contribution in [0.25, 0.3) is 11.3 Å². The lowest BCUT2D eigenvalue weighted by molar-refractivity contribution is 0.311. The molecule has 0 spiro atoms. The lowest BCUT2D eigenvalue weighted by Gasteiger charge is -2.11. The number of hydrogen-bond acceptors (Lipinski definition) is 5. The van der Waals surface area contributed by atoms with Crippen molar-refractivity contribution >= 4 is 16.5 Å². The van der Waals surface area contributed by atoms with E-state index >= 15 is 0 Å². The Balaban J connectivity index is 2.12. The van der Waals surface area contributed by atoms with Crippen LogP contribution in [0.1, 0.15) is 17.4 Å². The smallest absolute Gasteiger partial charge is 0.180 e. The van der Waals surface area contributed by atoms with E-state index in [4.69, 9.17) is 15.2 Å². The van der Waals surface area contributed by atoms with E-state index in [1.807, 2.05) is 19.1 Å². The highest BCUT2D eigenvalue weighted by Gasteiger charge is 2.25.